The third-order valence-electron chi connectivity index (χ3n) is 3.13. The van der Waals surface area contributed by atoms with E-state index in [4.69, 9.17) is 5.11 Å². The van der Waals surface area contributed by atoms with Crippen LogP contribution < -0.4 is 5.32 Å². The first kappa shape index (κ1) is 12.2. The fourth-order valence-corrected chi connectivity index (χ4v) is 2.85. The molecule has 2 rings (SSSR count). The van der Waals surface area contributed by atoms with E-state index >= 15 is 0 Å². The second kappa shape index (κ2) is 4.95. The number of amides is 2. The molecule has 2 fully saturated rings. The van der Waals surface area contributed by atoms with Crippen molar-refractivity contribution in [3.63, 3.8) is 0 Å². The predicted octanol–water partition coefficient (Wildman–Crippen LogP) is 0.135. The molecule has 0 aromatic carbocycles. The molecule has 2 saturated heterocycles. The van der Waals surface area contributed by atoms with Crippen LogP contribution >= 0.6 is 11.8 Å². The Morgan fingerprint density at radius 3 is 2.47 bits per heavy atom. The number of carboxylic acids is 1. The molecule has 6 nitrogen and oxygen atoms in total. The van der Waals surface area contributed by atoms with E-state index < -0.39 is 12.0 Å². The molecule has 0 saturated carbocycles. The molecule has 0 aromatic rings. The van der Waals surface area contributed by atoms with Crippen LogP contribution in [0, 0.1) is 5.92 Å². The van der Waals surface area contributed by atoms with Crippen LogP contribution in [0.4, 0.5) is 4.79 Å². The highest BCUT2D eigenvalue weighted by Gasteiger charge is 2.34. The van der Waals surface area contributed by atoms with Crippen molar-refractivity contribution in [1.82, 2.24) is 10.2 Å². The Labute approximate surface area is 103 Å². The smallest absolute Gasteiger partial charge is 0.306 e. The summed E-state index contributed by atoms with van der Waals surface area (Å²) >= 11 is 1.11. The first-order valence-corrected chi connectivity index (χ1v) is 6.51. The Hall–Kier alpha value is -1.24. The molecular formula is C10H14N2O4S. The number of carbonyl (C=O) groups is 3. The molecule has 2 heterocycles. The Morgan fingerprint density at radius 2 is 2.00 bits per heavy atom. The highest BCUT2D eigenvalue weighted by atomic mass is 32.2. The van der Waals surface area contributed by atoms with Gasteiger partial charge in [0.05, 0.1) is 5.92 Å². The maximum atomic E-state index is 12.0. The molecular weight excluding hydrogens is 244 g/mol. The minimum atomic E-state index is -0.790. The molecule has 2 amide bonds. The third kappa shape index (κ3) is 2.71. The Bertz CT molecular complexity index is 352. The number of hydrogen-bond acceptors (Lipinski definition) is 4. The van der Waals surface area contributed by atoms with Crippen LogP contribution in [0.5, 0.6) is 0 Å². The molecule has 17 heavy (non-hydrogen) atoms. The largest absolute Gasteiger partial charge is 0.481 e. The fourth-order valence-electron chi connectivity index (χ4n) is 2.08. The van der Waals surface area contributed by atoms with E-state index in [0.717, 1.165) is 11.8 Å². The zero-order chi connectivity index (χ0) is 12.4. The van der Waals surface area contributed by atoms with Gasteiger partial charge in [0.1, 0.15) is 6.04 Å². The normalized spacial score (nSPS) is 25.8. The van der Waals surface area contributed by atoms with E-state index in [1.54, 1.807) is 4.90 Å². The monoisotopic (exact) mass is 258 g/mol. The Morgan fingerprint density at radius 1 is 1.35 bits per heavy atom. The van der Waals surface area contributed by atoms with Crippen LogP contribution in [0.2, 0.25) is 0 Å². The number of thioether (sulfide) groups is 1. The van der Waals surface area contributed by atoms with Crippen LogP contribution in [0.3, 0.4) is 0 Å². The van der Waals surface area contributed by atoms with Gasteiger partial charge in [-0.15, -0.1) is 0 Å². The van der Waals surface area contributed by atoms with Crippen LogP contribution in [-0.2, 0) is 9.59 Å². The van der Waals surface area contributed by atoms with Gasteiger partial charge >= 0.3 is 5.97 Å². The molecule has 0 unspecified atom stereocenters. The summed E-state index contributed by atoms with van der Waals surface area (Å²) in [6, 6.07) is -0.436. The molecule has 7 heteroatoms. The molecule has 1 atom stereocenters. The number of nitrogens with zero attached hydrogens (tertiary/aromatic N) is 1. The molecule has 94 valence electrons. The number of rotatable bonds is 2. The van der Waals surface area contributed by atoms with Crippen molar-refractivity contribution in [2.45, 2.75) is 18.9 Å². The molecule has 2 N–H and O–H groups in total. The fraction of sp³-hybridized carbons (Fsp3) is 0.700. The second-order valence-electron chi connectivity index (χ2n) is 4.23. The topological polar surface area (TPSA) is 86.7 Å². The molecule has 0 aromatic heterocycles. The number of piperidine rings is 1. The summed E-state index contributed by atoms with van der Waals surface area (Å²) in [5.74, 6) is -0.753. The van der Waals surface area contributed by atoms with Crippen molar-refractivity contribution >= 4 is 28.9 Å². The van der Waals surface area contributed by atoms with Crippen molar-refractivity contribution in [2.24, 2.45) is 5.92 Å². The number of hydrogen-bond donors (Lipinski definition) is 2. The maximum absolute atomic E-state index is 12.0. The van der Waals surface area contributed by atoms with E-state index in [1.165, 1.54) is 0 Å². The van der Waals surface area contributed by atoms with E-state index in [2.05, 4.69) is 5.32 Å². The first-order valence-electron chi connectivity index (χ1n) is 5.53. The van der Waals surface area contributed by atoms with Crippen LogP contribution in [-0.4, -0.2) is 52.0 Å². The molecule has 0 spiro atoms. The van der Waals surface area contributed by atoms with E-state index in [1.807, 2.05) is 0 Å². The van der Waals surface area contributed by atoms with Gasteiger partial charge in [0.2, 0.25) is 5.91 Å². The van der Waals surface area contributed by atoms with Crippen molar-refractivity contribution in [2.75, 3.05) is 18.8 Å². The highest BCUT2D eigenvalue weighted by Crippen LogP contribution is 2.20. The minimum absolute atomic E-state index is 0.0906. The van der Waals surface area contributed by atoms with E-state index in [-0.39, 0.29) is 17.1 Å². The summed E-state index contributed by atoms with van der Waals surface area (Å²) < 4.78 is 0. The lowest BCUT2D eigenvalue weighted by atomic mass is 9.97. The van der Waals surface area contributed by atoms with Gasteiger partial charge in [0.25, 0.3) is 5.24 Å². The van der Waals surface area contributed by atoms with Gasteiger partial charge in [-0.2, -0.15) is 0 Å². The summed E-state index contributed by atoms with van der Waals surface area (Å²) in [7, 11) is 0. The van der Waals surface area contributed by atoms with Crippen LogP contribution in [0.15, 0.2) is 0 Å². The summed E-state index contributed by atoms with van der Waals surface area (Å²) in [5.41, 5.74) is 0. The maximum Gasteiger partial charge on any atom is 0.306 e. The first-order chi connectivity index (χ1) is 8.08. The number of aliphatic carboxylic acids is 1. The zero-order valence-electron chi connectivity index (χ0n) is 9.22. The van der Waals surface area contributed by atoms with Crippen molar-refractivity contribution in [1.29, 1.82) is 0 Å². The van der Waals surface area contributed by atoms with Gasteiger partial charge in [-0.25, -0.2) is 0 Å². The lowest BCUT2D eigenvalue weighted by Crippen LogP contribution is -2.49. The molecule has 0 bridgehead atoms. The van der Waals surface area contributed by atoms with Gasteiger partial charge in [-0.3, -0.25) is 14.4 Å². The van der Waals surface area contributed by atoms with Crippen LogP contribution in [0.25, 0.3) is 0 Å². The van der Waals surface area contributed by atoms with E-state index in [9.17, 15) is 14.4 Å². The van der Waals surface area contributed by atoms with Gasteiger partial charge < -0.3 is 15.3 Å². The zero-order valence-corrected chi connectivity index (χ0v) is 10.0. The standard InChI is InChI=1S/C10H14N2O4S/c13-8(7-5-17-10(16)11-7)12-3-1-6(2-4-12)9(14)15/h6-7H,1-5H2,(H,11,16)(H,14,15)/t7-/m0/s1. The average molecular weight is 258 g/mol. The lowest BCUT2D eigenvalue weighted by molar-refractivity contribution is -0.146. The minimum Gasteiger partial charge on any atom is -0.481 e. The van der Waals surface area contributed by atoms with Crippen molar-refractivity contribution in [3.05, 3.63) is 0 Å². The summed E-state index contributed by atoms with van der Waals surface area (Å²) in [6.07, 6.45) is 0.990. The molecule has 2 aliphatic rings. The van der Waals surface area contributed by atoms with Crippen molar-refractivity contribution in [3.8, 4) is 0 Å². The summed E-state index contributed by atoms with van der Waals surface area (Å²) in [5, 5.41) is 11.3. The Kier molecular flexibility index (Phi) is 3.56. The number of carboxylic acid groups (broad SMARTS) is 1. The SMILES string of the molecule is O=C1N[C@H](C(=O)N2CCC(C(=O)O)CC2)CS1. The highest BCUT2D eigenvalue weighted by molar-refractivity contribution is 8.14. The molecule has 0 aliphatic carbocycles. The number of nitrogens with one attached hydrogen (secondary N) is 1. The third-order valence-corrected chi connectivity index (χ3v) is 4.01. The van der Waals surface area contributed by atoms with Gasteiger partial charge in [0.15, 0.2) is 0 Å². The van der Waals surface area contributed by atoms with Gasteiger partial charge in [-0.05, 0) is 12.8 Å². The van der Waals surface area contributed by atoms with Gasteiger partial charge in [-0.1, -0.05) is 11.8 Å². The average Bonchev–Trinajstić information content (AvgIpc) is 2.75. The predicted molar refractivity (Wildman–Crippen MR) is 61.7 cm³/mol. The lowest BCUT2D eigenvalue weighted by Gasteiger charge is -2.31. The summed E-state index contributed by atoms with van der Waals surface area (Å²) in [4.78, 5) is 35.4. The Balaban J connectivity index is 1.86. The number of carbonyl (C=O) groups excluding carboxylic acids is 2. The van der Waals surface area contributed by atoms with Crippen molar-refractivity contribution < 1.29 is 19.5 Å². The summed E-state index contributed by atoms with van der Waals surface area (Å²) in [6.45, 7) is 0.930. The molecule has 0 radical (unpaired) electrons. The quantitative estimate of drug-likeness (QED) is 0.735. The van der Waals surface area contributed by atoms with E-state index in [0.29, 0.717) is 31.7 Å². The van der Waals surface area contributed by atoms with Crippen LogP contribution in [0.1, 0.15) is 12.8 Å². The number of likely N-dealkylation sites (tertiary alicyclic amines) is 1. The van der Waals surface area contributed by atoms with Gasteiger partial charge in [0, 0.05) is 18.8 Å². The molecule has 2 aliphatic heterocycles. The second-order valence-corrected chi connectivity index (χ2v) is 5.23.